The summed E-state index contributed by atoms with van der Waals surface area (Å²) < 4.78 is 15.7. The SMILES string of the molecule is COc1cccc(N2C[C@@H](C(=O)OCC(=O)c3ccc(OC(=O)c4ccccc4)cc3)CC2=O)c1. The zero-order valence-electron chi connectivity index (χ0n) is 19.0. The zero-order chi connectivity index (χ0) is 24.8. The summed E-state index contributed by atoms with van der Waals surface area (Å²) in [4.78, 5) is 51.0. The molecule has 3 aromatic rings. The van der Waals surface area contributed by atoms with E-state index in [0.29, 0.717) is 22.6 Å². The maximum absolute atomic E-state index is 12.5. The van der Waals surface area contributed by atoms with Gasteiger partial charge in [-0.1, -0.05) is 24.3 Å². The van der Waals surface area contributed by atoms with Crippen LogP contribution in [0.25, 0.3) is 0 Å². The van der Waals surface area contributed by atoms with E-state index in [9.17, 15) is 19.2 Å². The summed E-state index contributed by atoms with van der Waals surface area (Å²) in [6, 6.07) is 21.5. The Morgan fingerprint density at radius 2 is 1.63 bits per heavy atom. The van der Waals surface area contributed by atoms with Crippen molar-refractivity contribution in [2.75, 3.05) is 25.2 Å². The second-order valence-corrected chi connectivity index (χ2v) is 7.92. The average molecular weight is 473 g/mol. The van der Waals surface area contributed by atoms with Crippen LogP contribution in [0.4, 0.5) is 5.69 Å². The van der Waals surface area contributed by atoms with Crippen LogP contribution in [0.3, 0.4) is 0 Å². The Kier molecular flexibility index (Phi) is 7.21. The van der Waals surface area contributed by atoms with Crippen molar-refractivity contribution in [2.45, 2.75) is 6.42 Å². The van der Waals surface area contributed by atoms with E-state index in [0.717, 1.165) is 0 Å². The molecule has 1 saturated heterocycles. The topological polar surface area (TPSA) is 99.2 Å². The number of carbonyl (C=O) groups excluding carboxylic acids is 4. The van der Waals surface area contributed by atoms with Gasteiger partial charge in [-0.3, -0.25) is 14.4 Å². The summed E-state index contributed by atoms with van der Waals surface area (Å²) in [5, 5.41) is 0. The Balaban J connectivity index is 1.29. The van der Waals surface area contributed by atoms with Crippen LogP contribution in [0.15, 0.2) is 78.9 Å². The molecule has 0 unspecified atom stereocenters. The lowest BCUT2D eigenvalue weighted by Crippen LogP contribution is -2.27. The standard InChI is InChI=1S/C27H23NO7/c1-33-23-9-5-8-21(15-23)28-16-20(14-25(28)30)26(31)34-17-24(29)18-10-12-22(13-11-18)35-27(32)19-6-3-2-4-7-19/h2-13,15,20H,14,16-17H2,1H3/t20-/m0/s1. The number of anilines is 1. The number of hydrogen-bond acceptors (Lipinski definition) is 7. The molecule has 0 aliphatic carbocycles. The fourth-order valence-electron chi connectivity index (χ4n) is 3.68. The Morgan fingerprint density at radius 3 is 2.34 bits per heavy atom. The molecule has 35 heavy (non-hydrogen) atoms. The zero-order valence-corrected chi connectivity index (χ0v) is 19.0. The van der Waals surface area contributed by atoms with E-state index in [-0.39, 0.29) is 24.6 Å². The van der Waals surface area contributed by atoms with Gasteiger partial charge in [-0.2, -0.15) is 0 Å². The molecule has 0 aromatic heterocycles. The lowest BCUT2D eigenvalue weighted by atomic mass is 10.1. The normalized spacial score (nSPS) is 14.9. The van der Waals surface area contributed by atoms with E-state index in [1.165, 1.54) is 36.3 Å². The molecule has 0 radical (unpaired) electrons. The summed E-state index contributed by atoms with van der Waals surface area (Å²) in [5.74, 6) is -1.50. The van der Waals surface area contributed by atoms with Crippen LogP contribution < -0.4 is 14.4 Å². The van der Waals surface area contributed by atoms with Crippen molar-refractivity contribution in [1.29, 1.82) is 0 Å². The van der Waals surface area contributed by atoms with Crippen molar-refractivity contribution >= 4 is 29.3 Å². The molecule has 1 aliphatic rings. The maximum atomic E-state index is 12.5. The predicted molar refractivity (Wildman–Crippen MR) is 127 cm³/mol. The fourth-order valence-corrected chi connectivity index (χ4v) is 3.68. The highest BCUT2D eigenvalue weighted by atomic mass is 16.5. The van der Waals surface area contributed by atoms with Gasteiger partial charge in [0.25, 0.3) is 0 Å². The molecular formula is C27H23NO7. The molecular weight excluding hydrogens is 450 g/mol. The summed E-state index contributed by atoms with van der Waals surface area (Å²) in [6.45, 7) is -0.285. The molecule has 1 amide bonds. The molecule has 0 spiro atoms. The van der Waals surface area contributed by atoms with Crippen molar-refractivity contribution in [3.63, 3.8) is 0 Å². The fraction of sp³-hybridized carbons (Fsp3) is 0.185. The van der Waals surface area contributed by atoms with Crippen LogP contribution in [0.2, 0.25) is 0 Å². The number of esters is 2. The van der Waals surface area contributed by atoms with Crippen molar-refractivity contribution in [2.24, 2.45) is 5.92 Å². The van der Waals surface area contributed by atoms with E-state index < -0.39 is 30.2 Å². The lowest BCUT2D eigenvalue weighted by molar-refractivity contribution is -0.147. The maximum Gasteiger partial charge on any atom is 0.343 e. The second kappa shape index (κ2) is 10.6. The number of ether oxygens (including phenoxy) is 3. The predicted octanol–water partition coefficient (Wildman–Crippen LogP) is 3.69. The highest BCUT2D eigenvalue weighted by molar-refractivity contribution is 6.01. The van der Waals surface area contributed by atoms with Crippen LogP contribution in [0, 0.1) is 5.92 Å². The minimum atomic E-state index is -0.665. The first kappa shape index (κ1) is 23.7. The molecule has 4 rings (SSSR count). The summed E-state index contributed by atoms with van der Waals surface area (Å²) in [7, 11) is 1.53. The molecule has 8 heteroatoms. The molecule has 3 aromatic carbocycles. The number of amides is 1. The Hall–Kier alpha value is -4.46. The minimum Gasteiger partial charge on any atom is -0.497 e. The van der Waals surface area contributed by atoms with Gasteiger partial charge in [0, 0.05) is 30.3 Å². The number of Topliss-reactive ketones (excluding diaryl/α,β-unsaturated/α-hetero) is 1. The summed E-state index contributed by atoms with van der Waals surface area (Å²) in [6.07, 6.45) is 0.00567. The van der Waals surface area contributed by atoms with E-state index in [2.05, 4.69) is 0 Å². The van der Waals surface area contributed by atoms with Gasteiger partial charge in [-0.15, -0.1) is 0 Å². The molecule has 8 nitrogen and oxygen atoms in total. The second-order valence-electron chi connectivity index (χ2n) is 7.92. The molecule has 1 aliphatic heterocycles. The number of hydrogen-bond donors (Lipinski definition) is 0. The third-order valence-corrected chi connectivity index (χ3v) is 5.57. The molecule has 0 N–H and O–H groups in total. The molecule has 1 heterocycles. The summed E-state index contributed by atoms with van der Waals surface area (Å²) in [5.41, 5.74) is 1.35. The van der Waals surface area contributed by atoms with E-state index >= 15 is 0 Å². The number of carbonyl (C=O) groups is 4. The molecule has 0 saturated carbocycles. The van der Waals surface area contributed by atoms with Crippen LogP contribution in [-0.4, -0.2) is 43.9 Å². The average Bonchev–Trinajstić information content (AvgIpc) is 3.29. The number of rotatable bonds is 8. The smallest absolute Gasteiger partial charge is 0.343 e. The van der Waals surface area contributed by atoms with Gasteiger partial charge in [-0.05, 0) is 48.5 Å². The van der Waals surface area contributed by atoms with E-state index in [1.54, 1.807) is 54.6 Å². The quantitative estimate of drug-likeness (QED) is 0.279. The van der Waals surface area contributed by atoms with Crippen molar-refractivity contribution in [1.82, 2.24) is 0 Å². The molecule has 178 valence electrons. The van der Waals surface area contributed by atoms with E-state index in [4.69, 9.17) is 14.2 Å². The molecule has 0 bridgehead atoms. The first-order chi connectivity index (χ1) is 16.9. The van der Waals surface area contributed by atoms with Gasteiger partial charge < -0.3 is 19.1 Å². The molecule has 1 fully saturated rings. The Morgan fingerprint density at radius 1 is 0.886 bits per heavy atom. The first-order valence-electron chi connectivity index (χ1n) is 11.0. The van der Waals surface area contributed by atoms with Crippen LogP contribution in [0.1, 0.15) is 27.1 Å². The van der Waals surface area contributed by atoms with Gasteiger partial charge in [0.05, 0.1) is 18.6 Å². The van der Waals surface area contributed by atoms with Crippen molar-refractivity contribution < 1.29 is 33.4 Å². The van der Waals surface area contributed by atoms with Crippen LogP contribution >= 0.6 is 0 Å². The minimum absolute atomic E-state index is 0.00567. The third kappa shape index (κ3) is 5.73. The van der Waals surface area contributed by atoms with Crippen LogP contribution in [0.5, 0.6) is 11.5 Å². The highest BCUT2D eigenvalue weighted by Gasteiger charge is 2.36. The summed E-state index contributed by atoms with van der Waals surface area (Å²) >= 11 is 0. The number of benzene rings is 3. The number of ketones is 1. The third-order valence-electron chi connectivity index (χ3n) is 5.57. The van der Waals surface area contributed by atoms with Gasteiger partial charge in [0.15, 0.2) is 12.4 Å². The van der Waals surface area contributed by atoms with E-state index in [1.807, 2.05) is 0 Å². The molecule has 1 atom stereocenters. The largest absolute Gasteiger partial charge is 0.497 e. The monoisotopic (exact) mass is 473 g/mol. The van der Waals surface area contributed by atoms with Gasteiger partial charge >= 0.3 is 11.9 Å². The Labute approximate surface area is 202 Å². The van der Waals surface area contributed by atoms with Crippen LogP contribution in [-0.2, 0) is 14.3 Å². The van der Waals surface area contributed by atoms with Crippen molar-refractivity contribution in [3.8, 4) is 11.5 Å². The number of methoxy groups -OCH3 is 1. The van der Waals surface area contributed by atoms with Gasteiger partial charge in [0.1, 0.15) is 11.5 Å². The first-order valence-corrected chi connectivity index (χ1v) is 11.0. The van der Waals surface area contributed by atoms with Crippen molar-refractivity contribution in [3.05, 3.63) is 90.0 Å². The number of nitrogens with zero attached hydrogens (tertiary/aromatic N) is 1. The highest BCUT2D eigenvalue weighted by Crippen LogP contribution is 2.28. The van der Waals surface area contributed by atoms with Gasteiger partial charge in [0.2, 0.25) is 5.91 Å². The Bertz CT molecular complexity index is 1240. The van der Waals surface area contributed by atoms with Gasteiger partial charge in [-0.25, -0.2) is 4.79 Å². The lowest BCUT2D eigenvalue weighted by Gasteiger charge is -2.17.